The van der Waals surface area contributed by atoms with Crippen molar-refractivity contribution in [3.8, 4) is 10.6 Å². The summed E-state index contributed by atoms with van der Waals surface area (Å²) in [5.74, 6) is -0.241. The summed E-state index contributed by atoms with van der Waals surface area (Å²) < 4.78 is 1.16. The summed E-state index contributed by atoms with van der Waals surface area (Å²) in [4.78, 5) is 27.1. The molecule has 3 aromatic rings. The second-order valence-corrected chi connectivity index (χ2v) is 8.36. The molecular weight excluding hydrogens is 372 g/mol. The van der Waals surface area contributed by atoms with E-state index >= 15 is 0 Å². The third-order valence-corrected chi connectivity index (χ3v) is 6.02. The quantitative estimate of drug-likeness (QED) is 0.712. The fourth-order valence-corrected chi connectivity index (χ4v) is 4.47. The molecule has 1 aromatic carbocycles. The lowest BCUT2D eigenvalue weighted by molar-refractivity contribution is -0.122. The van der Waals surface area contributed by atoms with Crippen LogP contribution in [-0.2, 0) is 17.8 Å². The molecule has 0 unspecified atom stereocenters. The summed E-state index contributed by atoms with van der Waals surface area (Å²) in [5, 5.41) is 7.42. The number of thiophene rings is 1. The standard InChI is InChI=1S/C21H22N4O2S/c1-13-9-10-19(28-13)18-11-16(22)21(27)25(24-18)12-20(26)23-17-8-4-6-14-5-2-3-7-15(14)17/h2-3,5,7,9-11,17H,4,6,8,12,22H2,1H3,(H,23,26)/t17-/m1/s1. The summed E-state index contributed by atoms with van der Waals surface area (Å²) in [7, 11) is 0. The fourth-order valence-electron chi connectivity index (χ4n) is 3.64. The number of aryl methyl sites for hydroxylation is 2. The van der Waals surface area contributed by atoms with Crippen LogP contribution in [0.4, 0.5) is 5.69 Å². The van der Waals surface area contributed by atoms with E-state index in [1.54, 1.807) is 17.4 Å². The van der Waals surface area contributed by atoms with Crippen LogP contribution in [0.2, 0.25) is 0 Å². The highest BCUT2D eigenvalue weighted by Gasteiger charge is 2.22. The topological polar surface area (TPSA) is 90.0 Å². The van der Waals surface area contributed by atoms with Gasteiger partial charge in [0.25, 0.3) is 5.56 Å². The molecule has 6 nitrogen and oxygen atoms in total. The Balaban J connectivity index is 1.55. The second kappa shape index (κ2) is 7.59. The lowest BCUT2D eigenvalue weighted by atomic mass is 9.88. The number of carbonyl (C=O) groups is 1. The molecule has 4 rings (SSSR count). The first-order valence-electron chi connectivity index (χ1n) is 9.33. The summed E-state index contributed by atoms with van der Waals surface area (Å²) >= 11 is 1.57. The minimum absolute atomic E-state index is 0.0337. The number of nitrogens with zero attached hydrogens (tertiary/aromatic N) is 2. The van der Waals surface area contributed by atoms with Gasteiger partial charge in [-0.3, -0.25) is 9.59 Å². The Morgan fingerprint density at radius 3 is 2.93 bits per heavy atom. The Labute approximate surface area is 167 Å². The maximum Gasteiger partial charge on any atom is 0.290 e. The number of nitrogens with one attached hydrogen (secondary N) is 1. The number of nitrogen functional groups attached to an aromatic ring is 1. The maximum atomic E-state index is 12.7. The van der Waals surface area contributed by atoms with Gasteiger partial charge in [-0.15, -0.1) is 11.3 Å². The van der Waals surface area contributed by atoms with E-state index in [1.165, 1.54) is 5.56 Å². The van der Waals surface area contributed by atoms with Crippen LogP contribution in [0, 0.1) is 6.92 Å². The van der Waals surface area contributed by atoms with E-state index < -0.39 is 5.56 Å². The van der Waals surface area contributed by atoms with E-state index in [0.717, 1.165) is 39.3 Å². The normalized spacial score (nSPS) is 15.8. The second-order valence-electron chi connectivity index (χ2n) is 7.07. The van der Waals surface area contributed by atoms with Gasteiger partial charge in [0.1, 0.15) is 17.9 Å². The largest absolute Gasteiger partial charge is 0.394 e. The van der Waals surface area contributed by atoms with Crippen LogP contribution < -0.4 is 16.6 Å². The van der Waals surface area contributed by atoms with E-state index in [1.807, 2.05) is 31.2 Å². The van der Waals surface area contributed by atoms with Gasteiger partial charge in [-0.2, -0.15) is 5.10 Å². The first-order valence-corrected chi connectivity index (χ1v) is 10.1. The Kier molecular flexibility index (Phi) is 5.00. The van der Waals surface area contributed by atoms with Crippen molar-refractivity contribution in [3.63, 3.8) is 0 Å². The smallest absolute Gasteiger partial charge is 0.290 e. The molecule has 0 fully saturated rings. The SMILES string of the molecule is Cc1ccc(-c2cc(N)c(=O)n(CC(=O)N[C@@H]3CCCc4ccccc43)n2)s1. The lowest BCUT2D eigenvalue weighted by Crippen LogP contribution is -2.37. The highest BCUT2D eigenvalue weighted by Crippen LogP contribution is 2.29. The summed E-state index contributed by atoms with van der Waals surface area (Å²) in [5.41, 5.74) is 8.56. The van der Waals surface area contributed by atoms with Crippen molar-refractivity contribution in [3.05, 3.63) is 68.8 Å². The Morgan fingerprint density at radius 2 is 2.14 bits per heavy atom. The number of aromatic nitrogens is 2. The van der Waals surface area contributed by atoms with Gasteiger partial charge < -0.3 is 11.1 Å². The molecule has 0 saturated heterocycles. The Morgan fingerprint density at radius 1 is 1.32 bits per heavy atom. The molecule has 1 aliphatic rings. The molecule has 3 N–H and O–H groups in total. The lowest BCUT2D eigenvalue weighted by Gasteiger charge is -2.26. The number of fused-ring (bicyclic) bond motifs is 1. The monoisotopic (exact) mass is 394 g/mol. The summed E-state index contributed by atoms with van der Waals surface area (Å²) in [6.45, 7) is 1.85. The molecule has 0 aliphatic heterocycles. The van der Waals surface area contributed by atoms with Gasteiger partial charge in [0, 0.05) is 4.88 Å². The molecule has 1 atom stereocenters. The van der Waals surface area contributed by atoms with Crippen molar-refractivity contribution >= 4 is 22.9 Å². The van der Waals surface area contributed by atoms with Gasteiger partial charge in [-0.1, -0.05) is 24.3 Å². The van der Waals surface area contributed by atoms with E-state index in [9.17, 15) is 9.59 Å². The average molecular weight is 395 g/mol. The predicted molar refractivity (Wildman–Crippen MR) is 111 cm³/mol. The molecule has 2 heterocycles. The van der Waals surface area contributed by atoms with Crippen LogP contribution in [0.3, 0.4) is 0 Å². The van der Waals surface area contributed by atoms with Gasteiger partial charge >= 0.3 is 0 Å². The number of hydrogen-bond donors (Lipinski definition) is 2. The highest BCUT2D eigenvalue weighted by atomic mass is 32.1. The van der Waals surface area contributed by atoms with E-state index in [2.05, 4.69) is 22.5 Å². The van der Waals surface area contributed by atoms with Crippen LogP contribution in [-0.4, -0.2) is 15.7 Å². The Bertz CT molecular complexity index is 1090. The molecule has 7 heteroatoms. The molecule has 0 spiro atoms. The third kappa shape index (κ3) is 3.71. The fraction of sp³-hybridized carbons (Fsp3) is 0.286. The highest BCUT2D eigenvalue weighted by molar-refractivity contribution is 7.15. The van der Waals surface area contributed by atoms with Crippen molar-refractivity contribution in [2.45, 2.75) is 38.8 Å². The van der Waals surface area contributed by atoms with Gasteiger partial charge in [0.05, 0.1) is 10.9 Å². The van der Waals surface area contributed by atoms with Crippen LogP contribution in [0.25, 0.3) is 10.6 Å². The molecular formula is C21H22N4O2S. The molecule has 144 valence electrons. The van der Waals surface area contributed by atoms with Gasteiger partial charge in [0.15, 0.2) is 0 Å². The first kappa shape index (κ1) is 18.4. The summed E-state index contributed by atoms with van der Waals surface area (Å²) in [6, 6.07) is 13.6. The van der Waals surface area contributed by atoms with Gasteiger partial charge in [-0.25, -0.2) is 4.68 Å². The predicted octanol–water partition coefficient (Wildman–Crippen LogP) is 3.06. The van der Waals surface area contributed by atoms with Gasteiger partial charge in [0.2, 0.25) is 5.91 Å². The van der Waals surface area contributed by atoms with Crippen molar-refractivity contribution in [1.29, 1.82) is 0 Å². The zero-order valence-electron chi connectivity index (χ0n) is 15.6. The zero-order valence-corrected chi connectivity index (χ0v) is 16.5. The maximum absolute atomic E-state index is 12.7. The average Bonchev–Trinajstić information content (AvgIpc) is 3.12. The third-order valence-electron chi connectivity index (χ3n) is 4.99. The molecule has 28 heavy (non-hydrogen) atoms. The van der Waals surface area contributed by atoms with E-state index in [4.69, 9.17) is 5.73 Å². The summed E-state index contributed by atoms with van der Waals surface area (Å²) in [6.07, 6.45) is 2.95. The Hall–Kier alpha value is -2.93. The minimum atomic E-state index is -0.448. The number of anilines is 1. The van der Waals surface area contributed by atoms with Crippen LogP contribution >= 0.6 is 11.3 Å². The van der Waals surface area contributed by atoms with Crippen LogP contribution in [0.1, 0.15) is 34.9 Å². The number of nitrogens with two attached hydrogens (primary N) is 1. The molecule has 0 saturated carbocycles. The molecule has 0 bridgehead atoms. The van der Waals surface area contributed by atoms with E-state index in [0.29, 0.717) is 5.69 Å². The number of hydrogen-bond acceptors (Lipinski definition) is 5. The number of carbonyl (C=O) groups excluding carboxylic acids is 1. The van der Waals surface area contributed by atoms with E-state index in [-0.39, 0.29) is 24.2 Å². The van der Waals surface area contributed by atoms with Gasteiger partial charge in [-0.05, 0) is 55.5 Å². The van der Waals surface area contributed by atoms with Crippen molar-refractivity contribution < 1.29 is 4.79 Å². The number of amides is 1. The first-order chi connectivity index (χ1) is 13.5. The minimum Gasteiger partial charge on any atom is -0.394 e. The molecule has 0 radical (unpaired) electrons. The van der Waals surface area contributed by atoms with Crippen molar-refractivity contribution in [1.82, 2.24) is 15.1 Å². The molecule has 1 aliphatic carbocycles. The van der Waals surface area contributed by atoms with Crippen molar-refractivity contribution in [2.24, 2.45) is 0 Å². The van der Waals surface area contributed by atoms with Crippen LogP contribution in [0.5, 0.6) is 0 Å². The van der Waals surface area contributed by atoms with Crippen LogP contribution in [0.15, 0.2) is 47.3 Å². The number of benzene rings is 1. The zero-order chi connectivity index (χ0) is 19.7. The molecule has 2 aromatic heterocycles. The number of rotatable bonds is 4. The molecule has 1 amide bonds. The van der Waals surface area contributed by atoms with Crippen molar-refractivity contribution in [2.75, 3.05) is 5.73 Å².